The molecule has 1 N–H and O–H groups in total. The lowest BCUT2D eigenvalue weighted by Gasteiger charge is -2.34. The summed E-state index contributed by atoms with van der Waals surface area (Å²) in [6.45, 7) is 4.10. The third kappa shape index (κ3) is 2.07. The van der Waals surface area contributed by atoms with Gasteiger partial charge >= 0.3 is 0 Å². The summed E-state index contributed by atoms with van der Waals surface area (Å²) in [5, 5.41) is 4.24. The van der Waals surface area contributed by atoms with Crippen LogP contribution in [0.4, 0.5) is 0 Å². The third-order valence-corrected chi connectivity index (χ3v) is 4.63. The molecule has 0 aliphatic carbocycles. The molecule has 5 nitrogen and oxygen atoms in total. The Balaban J connectivity index is 1.75. The number of amides is 1. The van der Waals surface area contributed by atoms with Crippen LogP contribution in [-0.4, -0.2) is 52.8 Å². The molecule has 0 saturated carbocycles. The van der Waals surface area contributed by atoms with Crippen molar-refractivity contribution in [3.05, 3.63) is 16.4 Å². The fourth-order valence-corrected chi connectivity index (χ4v) is 3.65. The fraction of sp³-hybridized carbons (Fsp3) is 0.667. The van der Waals surface area contributed by atoms with E-state index in [4.69, 9.17) is 0 Å². The SMILES string of the molecule is Cn1cc(Br)c(C(=O)N2CC[NH+]3CCC[C@@H]3C2)n1. The van der Waals surface area contributed by atoms with E-state index in [0.717, 1.165) is 24.1 Å². The normalized spacial score (nSPS) is 27.3. The molecule has 6 heteroatoms. The largest absolute Gasteiger partial charge is 0.330 e. The summed E-state index contributed by atoms with van der Waals surface area (Å²) in [6, 6.07) is 0.644. The molecule has 1 unspecified atom stereocenters. The van der Waals surface area contributed by atoms with Gasteiger partial charge < -0.3 is 9.80 Å². The summed E-state index contributed by atoms with van der Waals surface area (Å²) in [6.07, 6.45) is 4.38. The van der Waals surface area contributed by atoms with Crippen molar-refractivity contribution in [2.45, 2.75) is 18.9 Å². The third-order valence-electron chi connectivity index (χ3n) is 4.05. The molecule has 2 saturated heterocycles. The molecule has 18 heavy (non-hydrogen) atoms. The van der Waals surface area contributed by atoms with Crippen LogP contribution in [0.5, 0.6) is 0 Å². The second kappa shape index (κ2) is 4.66. The van der Waals surface area contributed by atoms with Gasteiger partial charge in [0, 0.05) is 26.1 Å². The first-order valence-electron chi connectivity index (χ1n) is 6.48. The van der Waals surface area contributed by atoms with Gasteiger partial charge in [-0.05, 0) is 15.9 Å². The van der Waals surface area contributed by atoms with Crippen LogP contribution in [0.2, 0.25) is 0 Å². The van der Waals surface area contributed by atoms with Crippen LogP contribution < -0.4 is 4.90 Å². The summed E-state index contributed by atoms with van der Waals surface area (Å²) < 4.78 is 2.46. The molecule has 0 bridgehead atoms. The van der Waals surface area contributed by atoms with Crippen LogP contribution >= 0.6 is 15.9 Å². The minimum absolute atomic E-state index is 0.0634. The highest BCUT2D eigenvalue weighted by atomic mass is 79.9. The summed E-state index contributed by atoms with van der Waals surface area (Å²) in [7, 11) is 1.83. The van der Waals surface area contributed by atoms with Gasteiger partial charge in [-0.3, -0.25) is 9.48 Å². The number of quaternary nitrogens is 1. The van der Waals surface area contributed by atoms with Gasteiger partial charge in [0.1, 0.15) is 6.04 Å². The van der Waals surface area contributed by atoms with Gasteiger partial charge in [-0.15, -0.1) is 0 Å². The highest BCUT2D eigenvalue weighted by molar-refractivity contribution is 9.10. The van der Waals surface area contributed by atoms with Crippen molar-refractivity contribution in [3.63, 3.8) is 0 Å². The van der Waals surface area contributed by atoms with E-state index in [1.165, 1.54) is 19.4 Å². The molecule has 2 aliphatic rings. The zero-order valence-corrected chi connectivity index (χ0v) is 12.1. The van der Waals surface area contributed by atoms with Crippen LogP contribution in [0.25, 0.3) is 0 Å². The Kier molecular flexibility index (Phi) is 3.15. The molecule has 1 aromatic rings. The van der Waals surface area contributed by atoms with Crippen molar-refractivity contribution in [2.24, 2.45) is 7.05 Å². The van der Waals surface area contributed by atoms with Crippen LogP contribution in [0.3, 0.4) is 0 Å². The fourth-order valence-electron chi connectivity index (χ4n) is 3.11. The first-order chi connectivity index (χ1) is 8.65. The number of nitrogens with one attached hydrogen (secondary N) is 1. The molecule has 0 radical (unpaired) electrons. The number of nitrogens with zero attached hydrogens (tertiary/aromatic N) is 3. The summed E-state index contributed by atoms with van der Waals surface area (Å²) >= 11 is 3.40. The van der Waals surface area contributed by atoms with Gasteiger partial charge in [-0.25, -0.2) is 0 Å². The molecular weight excluding hydrogens is 296 g/mol. The molecule has 0 spiro atoms. The summed E-state index contributed by atoms with van der Waals surface area (Å²) in [5.41, 5.74) is 0.541. The lowest BCUT2D eigenvalue weighted by molar-refractivity contribution is -0.916. The molecule has 1 amide bonds. The van der Waals surface area contributed by atoms with Crippen molar-refractivity contribution < 1.29 is 9.69 Å². The maximum Gasteiger partial charge on any atom is 0.275 e. The van der Waals surface area contributed by atoms with Crippen LogP contribution in [0, 0.1) is 0 Å². The van der Waals surface area contributed by atoms with Crippen LogP contribution in [0.15, 0.2) is 10.7 Å². The quantitative estimate of drug-likeness (QED) is 0.772. The van der Waals surface area contributed by atoms with E-state index in [0.29, 0.717) is 11.7 Å². The Morgan fingerprint density at radius 1 is 1.56 bits per heavy atom. The molecule has 2 fully saturated rings. The van der Waals surface area contributed by atoms with E-state index < -0.39 is 0 Å². The predicted molar refractivity (Wildman–Crippen MR) is 70.5 cm³/mol. The van der Waals surface area contributed by atoms with Crippen molar-refractivity contribution >= 4 is 21.8 Å². The number of aromatic nitrogens is 2. The van der Waals surface area contributed by atoms with Gasteiger partial charge in [0.25, 0.3) is 5.91 Å². The van der Waals surface area contributed by atoms with Crippen molar-refractivity contribution in [1.29, 1.82) is 0 Å². The first-order valence-corrected chi connectivity index (χ1v) is 7.27. The maximum atomic E-state index is 12.4. The Morgan fingerprint density at radius 3 is 3.11 bits per heavy atom. The molecule has 3 heterocycles. The van der Waals surface area contributed by atoms with Crippen molar-refractivity contribution in [1.82, 2.24) is 14.7 Å². The smallest absolute Gasteiger partial charge is 0.275 e. The molecule has 3 rings (SSSR count). The van der Waals surface area contributed by atoms with E-state index in [-0.39, 0.29) is 5.91 Å². The first kappa shape index (κ1) is 12.2. The van der Waals surface area contributed by atoms with Crippen molar-refractivity contribution in [2.75, 3.05) is 26.2 Å². The molecule has 2 atom stereocenters. The number of carbonyl (C=O) groups is 1. The number of halogens is 1. The topological polar surface area (TPSA) is 42.6 Å². The molecule has 1 aromatic heterocycles. The summed E-state index contributed by atoms with van der Waals surface area (Å²) in [5.74, 6) is 0.0634. The number of aryl methyl sites for hydroxylation is 1. The lowest BCUT2D eigenvalue weighted by Crippen LogP contribution is -3.16. The van der Waals surface area contributed by atoms with E-state index in [1.807, 2.05) is 18.1 Å². The van der Waals surface area contributed by atoms with E-state index in [1.54, 1.807) is 9.58 Å². The number of carbonyl (C=O) groups excluding carboxylic acids is 1. The highest BCUT2D eigenvalue weighted by Gasteiger charge is 2.37. The molecule has 98 valence electrons. The summed E-state index contributed by atoms with van der Waals surface area (Å²) in [4.78, 5) is 16.1. The number of piperazine rings is 1. The van der Waals surface area contributed by atoms with Gasteiger partial charge in [0.2, 0.25) is 0 Å². The molecule has 0 aromatic carbocycles. The zero-order valence-electron chi connectivity index (χ0n) is 10.5. The van der Waals surface area contributed by atoms with Gasteiger partial charge in [0.15, 0.2) is 5.69 Å². The maximum absolute atomic E-state index is 12.4. The second-order valence-corrected chi connectivity index (χ2v) is 6.10. The average molecular weight is 314 g/mol. The predicted octanol–water partition coefficient (Wildman–Crippen LogP) is -0.314. The van der Waals surface area contributed by atoms with Crippen LogP contribution in [-0.2, 0) is 7.05 Å². The zero-order chi connectivity index (χ0) is 12.7. The number of hydrogen-bond donors (Lipinski definition) is 1. The minimum atomic E-state index is 0.0634. The lowest BCUT2D eigenvalue weighted by atomic mass is 10.1. The van der Waals surface area contributed by atoms with Gasteiger partial charge in [0.05, 0.1) is 30.7 Å². The number of fused-ring (bicyclic) bond motifs is 1. The number of rotatable bonds is 1. The Morgan fingerprint density at radius 2 is 2.39 bits per heavy atom. The standard InChI is InChI=1S/C12H17BrN4O/c1-15-8-10(13)11(14-15)12(18)17-6-5-16-4-2-3-9(16)7-17/h8-9H,2-7H2,1H3/p+1/t9-/m1/s1. The Bertz CT molecular complexity index is 473. The average Bonchev–Trinajstić information content (AvgIpc) is 2.93. The van der Waals surface area contributed by atoms with E-state index in [2.05, 4.69) is 21.0 Å². The van der Waals surface area contributed by atoms with E-state index >= 15 is 0 Å². The van der Waals surface area contributed by atoms with Crippen molar-refractivity contribution in [3.8, 4) is 0 Å². The van der Waals surface area contributed by atoms with Gasteiger partial charge in [-0.2, -0.15) is 5.10 Å². The van der Waals surface area contributed by atoms with Crippen LogP contribution in [0.1, 0.15) is 23.3 Å². The Hall–Kier alpha value is -0.880. The highest BCUT2D eigenvalue weighted by Crippen LogP contribution is 2.17. The molecule has 2 aliphatic heterocycles. The van der Waals surface area contributed by atoms with Gasteiger partial charge in [-0.1, -0.05) is 0 Å². The number of hydrogen-bond acceptors (Lipinski definition) is 2. The monoisotopic (exact) mass is 313 g/mol. The molecular formula is C12H18BrN4O+. The van der Waals surface area contributed by atoms with E-state index in [9.17, 15) is 4.79 Å². The minimum Gasteiger partial charge on any atom is -0.330 e. The second-order valence-electron chi connectivity index (χ2n) is 5.25. The Labute approximate surface area is 115 Å².